The molecule has 1 aliphatic rings. The molecule has 4 aromatic rings. The molecule has 2 N–H and O–H groups in total. The van der Waals surface area contributed by atoms with E-state index < -0.39 is 0 Å². The third kappa shape index (κ3) is 3.11. The molecule has 0 aliphatic carbocycles. The van der Waals surface area contributed by atoms with Crippen molar-refractivity contribution >= 4 is 38.5 Å². The van der Waals surface area contributed by atoms with Crippen molar-refractivity contribution in [3.63, 3.8) is 0 Å². The van der Waals surface area contributed by atoms with Crippen molar-refractivity contribution < 1.29 is 4.74 Å². The van der Waals surface area contributed by atoms with Crippen LogP contribution in [0.3, 0.4) is 0 Å². The number of hydrogen-bond acceptors (Lipinski definition) is 4. The molecule has 1 atom stereocenters. The summed E-state index contributed by atoms with van der Waals surface area (Å²) < 4.78 is 7.22. The van der Waals surface area contributed by atoms with Crippen LogP contribution in [0.2, 0.25) is 0 Å². The van der Waals surface area contributed by atoms with E-state index in [1.165, 1.54) is 10.9 Å². The maximum Gasteiger partial charge on any atom is 0.227 e. The summed E-state index contributed by atoms with van der Waals surface area (Å²) in [7, 11) is 0. The van der Waals surface area contributed by atoms with Gasteiger partial charge in [-0.1, -0.05) is 28.1 Å². The van der Waals surface area contributed by atoms with E-state index in [-0.39, 0.29) is 6.10 Å². The highest BCUT2D eigenvalue weighted by Crippen LogP contribution is 2.37. The second-order valence-electron chi connectivity index (χ2n) is 6.53. The van der Waals surface area contributed by atoms with E-state index in [9.17, 15) is 0 Å². The molecular weight excluding hydrogens is 404 g/mol. The van der Waals surface area contributed by atoms with Gasteiger partial charge >= 0.3 is 0 Å². The van der Waals surface area contributed by atoms with E-state index in [4.69, 9.17) is 4.74 Å². The number of benzene rings is 2. The highest BCUT2D eigenvalue weighted by molar-refractivity contribution is 9.10. The summed E-state index contributed by atoms with van der Waals surface area (Å²) in [6.07, 6.45) is 4.28. The highest BCUT2D eigenvalue weighted by atomic mass is 79.9. The minimum Gasteiger partial charge on any atom is -0.367 e. The van der Waals surface area contributed by atoms with E-state index in [0.717, 1.165) is 40.0 Å². The molecule has 2 aromatic carbocycles. The summed E-state index contributed by atoms with van der Waals surface area (Å²) in [6, 6.07) is 16.4. The predicted octanol–water partition coefficient (Wildman–Crippen LogP) is 5.13. The van der Waals surface area contributed by atoms with Gasteiger partial charge in [-0.05, 0) is 53.9 Å². The van der Waals surface area contributed by atoms with Gasteiger partial charge < -0.3 is 15.0 Å². The van der Waals surface area contributed by atoms with Crippen molar-refractivity contribution in [2.75, 3.05) is 11.9 Å². The molecule has 6 heteroatoms. The normalized spacial score (nSPS) is 16.3. The molecule has 0 saturated carbocycles. The first-order valence-corrected chi connectivity index (χ1v) is 9.63. The molecule has 0 amide bonds. The second-order valence-corrected chi connectivity index (χ2v) is 7.44. The molecule has 0 fully saturated rings. The van der Waals surface area contributed by atoms with Gasteiger partial charge in [-0.2, -0.15) is 0 Å². The van der Waals surface area contributed by atoms with Crippen molar-refractivity contribution in [2.45, 2.75) is 12.5 Å². The van der Waals surface area contributed by atoms with E-state index in [2.05, 4.69) is 66.5 Å². The summed E-state index contributed by atoms with van der Waals surface area (Å²) >= 11 is 3.58. The summed E-state index contributed by atoms with van der Waals surface area (Å²) in [6.45, 7) is 0.717. The number of anilines is 2. The average Bonchev–Trinajstić information content (AvgIpc) is 3.07. The number of aromatic amines is 1. The van der Waals surface area contributed by atoms with Crippen molar-refractivity contribution in [3.05, 3.63) is 82.2 Å². The van der Waals surface area contributed by atoms with Crippen LogP contribution in [-0.2, 0) is 11.2 Å². The largest absolute Gasteiger partial charge is 0.367 e. The Morgan fingerprint density at radius 3 is 2.70 bits per heavy atom. The predicted molar refractivity (Wildman–Crippen MR) is 109 cm³/mol. The number of rotatable bonds is 3. The van der Waals surface area contributed by atoms with Gasteiger partial charge in [0, 0.05) is 33.5 Å². The van der Waals surface area contributed by atoms with Gasteiger partial charge in [-0.25, -0.2) is 9.97 Å². The topological polar surface area (TPSA) is 62.8 Å². The Balaban J connectivity index is 1.47. The standard InChI is InChI=1S/C21H17BrN4O/c22-14-4-7-18-17(12-14)16-8-11-27-20(19(16)26-18)13-2-5-15(6-3-13)25-21-23-9-1-10-24-21/h1-7,9-10,12,20,26H,8,11H2,(H,23,24,25). The van der Waals surface area contributed by atoms with Crippen LogP contribution >= 0.6 is 15.9 Å². The maximum atomic E-state index is 6.12. The Morgan fingerprint density at radius 1 is 1.07 bits per heavy atom. The van der Waals surface area contributed by atoms with Crippen molar-refractivity contribution in [1.29, 1.82) is 0 Å². The monoisotopic (exact) mass is 420 g/mol. The van der Waals surface area contributed by atoms with E-state index >= 15 is 0 Å². The van der Waals surface area contributed by atoms with Crippen LogP contribution in [-0.4, -0.2) is 21.6 Å². The molecule has 3 heterocycles. The van der Waals surface area contributed by atoms with Gasteiger partial charge in [-0.15, -0.1) is 0 Å². The van der Waals surface area contributed by atoms with Crippen LogP contribution in [0.1, 0.15) is 22.9 Å². The second kappa shape index (κ2) is 6.79. The summed E-state index contributed by atoms with van der Waals surface area (Å²) in [5, 5.41) is 4.48. The number of H-pyrrole nitrogens is 1. The van der Waals surface area contributed by atoms with Gasteiger partial charge in [0.1, 0.15) is 6.10 Å². The number of fused-ring (bicyclic) bond motifs is 3. The molecular formula is C21H17BrN4O. The van der Waals surface area contributed by atoms with E-state index in [1.54, 1.807) is 18.5 Å². The molecule has 27 heavy (non-hydrogen) atoms. The van der Waals surface area contributed by atoms with Gasteiger partial charge in [0.15, 0.2) is 0 Å². The molecule has 2 aromatic heterocycles. The highest BCUT2D eigenvalue weighted by Gasteiger charge is 2.26. The van der Waals surface area contributed by atoms with Crippen LogP contribution in [0.15, 0.2) is 65.4 Å². The lowest BCUT2D eigenvalue weighted by Gasteiger charge is -2.24. The van der Waals surface area contributed by atoms with Gasteiger partial charge in [0.25, 0.3) is 0 Å². The van der Waals surface area contributed by atoms with Gasteiger partial charge in [-0.3, -0.25) is 0 Å². The Hall–Kier alpha value is -2.70. The summed E-state index contributed by atoms with van der Waals surface area (Å²) in [5.74, 6) is 0.586. The summed E-state index contributed by atoms with van der Waals surface area (Å²) in [4.78, 5) is 11.9. The van der Waals surface area contributed by atoms with Crippen molar-refractivity contribution in [1.82, 2.24) is 15.0 Å². The van der Waals surface area contributed by atoms with Crippen LogP contribution in [0.5, 0.6) is 0 Å². The maximum absolute atomic E-state index is 6.12. The number of hydrogen-bond donors (Lipinski definition) is 2. The van der Waals surface area contributed by atoms with Crippen LogP contribution in [0, 0.1) is 0 Å². The smallest absolute Gasteiger partial charge is 0.227 e. The fraction of sp³-hybridized carbons (Fsp3) is 0.143. The summed E-state index contributed by atoms with van der Waals surface area (Å²) in [5.41, 5.74) is 5.73. The average molecular weight is 421 g/mol. The molecule has 134 valence electrons. The minimum atomic E-state index is -0.0815. The van der Waals surface area contributed by atoms with Gasteiger partial charge in [0.2, 0.25) is 5.95 Å². The van der Waals surface area contributed by atoms with Gasteiger partial charge in [0.05, 0.1) is 12.3 Å². The zero-order chi connectivity index (χ0) is 18.2. The molecule has 0 radical (unpaired) electrons. The molecule has 5 nitrogen and oxygen atoms in total. The number of nitrogens with one attached hydrogen (secondary N) is 2. The first-order valence-electron chi connectivity index (χ1n) is 8.83. The fourth-order valence-corrected chi connectivity index (χ4v) is 3.95. The first kappa shape index (κ1) is 16.5. The number of nitrogens with zero attached hydrogens (tertiary/aromatic N) is 2. The van der Waals surface area contributed by atoms with Crippen LogP contribution in [0.25, 0.3) is 10.9 Å². The van der Waals surface area contributed by atoms with Crippen LogP contribution in [0.4, 0.5) is 11.6 Å². The number of aromatic nitrogens is 3. The molecule has 5 rings (SSSR count). The third-order valence-electron chi connectivity index (χ3n) is 4.84. The van der Waals surface area contributed by atoms with Crippen molar-refractivity contribution in [2.24, 2.45) is 0 Å². The van der Waals surface area contributed by atoms with Crippen molar-refractivity contribution in [3.8, 4) is 0 Å². The fourth-order valence-electron chi connectivity index (χ4n) is 3.59. The molecule has 1 unspecified atom stereocenters. The van der Waals surface area contributed by atoms with Crippen LogP contribution < -0.4 is 5.32 Å². The SMILES string of the molecule is Brc1ccc2[nH]c3c(c2c1)CCOC3c1ccc(Nc2ncccn2)cc1. The zero-order valence-electron chi connectivity index (χ0n) is 14.4. The van der Waals surface area contributed by atoms with E-state index in [1.807, 2.05) is 12.1 Å². The lowest BCUT2D eigenvalue weighted by atomic mass is 9.97. The number of ether oxygens (including phenoxy) is 1. The quantitative estimate of drug-likeness (QED) is 0.482. The Bertz CT molecular complexity index is 1090. The number of halogens is 1. The Morgan fingerprint density at radius 2 is 1.89 bits per heavy atom. The minimum absolute atomic E-state index is 0.0815. The third-order valence-corrected chi connectivity index (χ3v) is 5.33. The Kier molecular flexibility index (Phi) is 4.14. The molecule has 0 spiro atoms. The molecule has 1 aliphatic heterocycles. The lowest BCUT2D eigenvalue weighted by molar-refractivity contribution is 0.0677. The van der Waals surface area contributed by atoms with E-state index in [0.29, 0.717) is 5.95 Å². The molecule has 0 saturated heterocycles. The zero-order valence-corrected chi connectivity index (χ0v) is 16.0. The lowest BCUT2D eigenvalue weighted by Crippen LogP contribution is -2.16. The first-order chi connectivity index (χ1) is 13.3. The Labute approximate surface area is 164 Å². The molecule has 0 bridgehead atoms.